The number of hydrogen-bond donors (Lipinski definition) is 1. The summed E-state index contributed by atoms with van der Waals surface area (Å²) >= 11 is 0. The summed E-state index contributed by atoms with van der Waals surface area (Å²) in [5, 5.41) is 7.83. The summed E-state index contributed by atoms with van der Waals surface area (Å²) in [5.41, 5.74) is 6.12. The van der Waals surface area contributed by atoms with Gasteiger partial charge in [-0.1, -0.05) is 20.8 Å². The van der Waals surface area contributed by atoms with Gasteiger partial charge in [-0.3, -0.25) is 28.8 Å². The van der Waals surface area contributed by atoms with Crippen LogP contribution in [-0.2, 0) is 60.5 Å². The van der Waals surface area contributed by atoms with Crippen molar-refractivity contribution < 1.29 is 19.1 Å². The Bertz CT molecular complexity index is 2040. The lowest BCUT2D eigenvalue weighted by Gasteiger charge is -2.31. The van der Waals surface area contributed by atoms with E-state index in [1.54, 1.807) is 36.5 Å². The van der Waals surface area contributed by atoms with Crippen molar-refractivity contribution in [1.82, 2.24) is 28.8 Å². The Balaban J connectivity index is 1.23. The number of hydrogen-bond acceptors (Lipinski definition) is 8. The number of nitrogens with one attached hydrogen (secondary N) is 1. The van der Waals surface area contributed by atoms with Crippen LogP contribution in [0.2, 0.25) is 0 Å². The molecule has 1 aliphatic carbocycles. The Morgan fingerprint density at radius 2 is 1.88 bits per heavy atom. The molecule has 0 saturated carbocycles. The van der Waals surface area contributed by atoms with Crippen LogP contribution >= 0.6 is 0 Å². The second kappa shape index (κ2) is 11.8. The predicted molar refractivity (Wildman–Crippen MR) is 179 cm³/mol. The van der Waals surface area contributed by atoms with Gasteiger partial charge >= 0.3 is 5.97 Å². The van der Waals surface area contributed by atoms with Gasteiger partial charge in [0.25, 0.3) is 11.5 Å². The van der Waals surface area contributed by atoms with Gasteiger partial charge < -0.3 is 24.1 Å². The Morgan fingerprint density at radius 1 is 1.06 bits per heavy atom. The number of pyridine rings is 2. The Labute approximate surface area is 278 Å². The van der Waals surface area contributed by atoms with E-state index in [2.05, 4.69) is 33.8 Å². The zero-order valence-corrected chi connectivity index (χ0v) is 28.0. The summed E-state index contributed by atoms with van der Waals surface area (Å²) in [6.07, 6.45) is 5.66. The molecule has 2 aliphatic heterocycles. The molecule has 250 valence electrons. The third kappa shape index (κ3) is 5.56. The molecule has 48 heavy (non-hydrogen) atoms. The number of nitrogens with zero attached hydrogens (tertiary/aromatic N) is 7. The molecule has 0 unspecified atom stereocenters. The van der Waals surface area contributed by atoms with Gasteiger partial charge in [-0.15, -0.1) is 0 Å². The first kappa shape index (κ1) is 31.4. The van der Waals surface area contributed by atoms with E-state index in [4.69, 9.17) is 4.74 Å². The number of anilines is 3. The maximum atomic E-state index is 14.0. The molecule has 2 amide bonds. The van der Waals surface area contributed by atoms with Crippen LogP contribution in [0.1, 0.15) is 67.1 Å². The highest BCUT2D eigenvalue weighted by Crippen LogP contribution is 2.40. The molecule has 6 heterocycles. The number of ether oxygens (including phenoxy) is 1. The predicted octanol–water partition coefficient (Wildman–Crippen LogP) is 3.79. The minimum absolute atomic E-state index is 0.0905. The topological polar surface area (TPSA) is 137 Å². The third-order valence-electron chi connectivity index (χ3n) is 9.54. The minimum atomic E-state index is -0.459. The Hall–Kier alpha value is -5.20. The van der Waals surface area contributed by atoms with Crippen molar-refractivity contribution >= 4 is 35.1 Å². The van der Waals surface area contributed by atoms with E-state index >= 15 is 0 Å². The molecule has 3 aliphatic rings. The highest BCUT2D eigenvalue weighted by molar-refractivity contribution is 6.06. The molecule has 0 saturated heterocycles. The van der Waals surface area contributed by atoms with Crippen LogP contribution in [0.5, 0.6) is 0 Å². The minimum Gasteiger partial charge on any atom is -0.461 e. The molecular weight excluding hydrogens is 612 g/mol. The van der Waals surface area contributed by atoms with E-state index < -0.39 is 5.97 Å². The van der Waals surface area contributed by atoms with E-state index in [0.29, 0.717) is 78.9 Å². The van der Waals surface area contributed by atoms with Gasteiger partial charge in [-0.25, -0.2) is 4.98 Å². The largest absolute Gasteiger partial charge is 0.461 e. The van der Waals surface area contributed by atoms with Gasteiger partial charge in [0.15, 0.2) is 5.82 Å². The first-order valence-corrected chi connectivity index (χ1v) is 16.4. The molecule has 0 aromatic carbocycles. The number of carbonyl (C=O) groups is 3. The number of carbonyl (C=O) groups excluding carboxylic acids is 3. The van der Waals surface area contributed by atoms with Crippen molar-refractivity contribution in [3.8, 4) is 11.1 Å². The van der Waals surface area contributed by atoms with Gasteiger partial charge in [-0.2, -0.15) is 5.10 Å². The van der Waals surface area contributed by atoms with E-state index in [0.717, 1.165) is 18.5 Å². The lowest BCUT2D eigenvalue weighted by atomic mass is 9.90. The summed E-state index contributed by atoms with van der Waals surface area (Å²) in [6, 6.07) is 7.41. The normalized spacial score (nSPS) is 16.4. The maximum Gasteiger partial charge on any atom is 0.302 e. The van der Waals surface area contributed by atoms with Gasteiger partial charge in [-0.05, 0) is 47.6 Å². The molecule has 0 spiro atoms. The molecule has 13 nitrogen and oxygen atoms in total. The van der Waals surface area contributed by atoms with Crippen LogP contribution in [0, 0.1) is 5.41 Å². The van der Waals surface area contributed by atoms with Crippen LogP contribution < -0.4 is 15.8 Å². The molecule has 4 aromatic heterocycles. The Morgan fingerprint density at radius 3 is 2.65 bits per heavy atom. The van der Waals surface area contributed by atoms with Crippen LogP contribution in [0.4, 0.5) is 17.3 Å². The molecule has 13 heteroatoms. The number of rotatable bonds is 7. The van der Waals surface area contributed by atoms with E-state index in [1.165, 1.54) is 22.7 Å². The molecule has 0 atom stereocenters. The fraction of sp³-hybridized carbons (Fsp3) is 0.429. The standard InChI is InChI=1S/C35H40N8O5/c1-6-31(45)40-9-12-43-24(19-40)15-30(38-43)37-27-13-23(18-39(5)33(27)46)25-7-8-36-32(26(25)20-48-21(2)44)42-11-10-41-28(34(42)47)14-22-16-35(3,4)17-29(22)41/h7-8,13-15,18H,6,9-12,16-17,19-20H2,1-5H3,(H,37,38). The maximum absolute atomic E-state index is 14.0. The number of amides is 2. The lowest BCUT2D eigenvalue weighted by molar-refractivity contribution is -0.142. The van der Waals surface area contributed by atoms with Crippen molar-refractivity contribution in [2.45, 2.75) is 73.2 Å². The van der Waals surface area contributed by atoms with Crippen LogP contribution in [-0.4, -0.2) is 59.7 Å². The molecular formula is C35H40N8O5. The molecule has 0 bridgehead atoms. The van der Waals surface area contributed by atoms with E-state index in [1.807, 2.05) is 28.6 Å². The van der Waals surface area contributed by atoms with Crippen LogP contribution in [0.3, 0.4) is 0 Å². The van der Waals surface area contributed by atoms with Crippen molar-refractivity contribution in [3.63, 3.8) is 0 Å². The number of aryl methyl sites for hydroxylation is 1. The smallest absolute Gasteiger partial charge is 0.302 e. The number of esters is 1. The molecule has 0 radical (unpaired) electrons. The first-order valence-electron chi connectivity index (χ1n) is 16.4. The zero-order chi connectivity index (χ0) is 33.9. The SMILES string of the molecule is CCC(=O)N1CCn2nc(Nc3cc(-c4ccnc(N5CCn6c(cc7c6CC(C)(C)C7)C5=O)c4COC(C)=O)cn(C)c3=O)cc2C1. The fourth-order valence-corrected chi connectivity index (χ4v) is 7.26. The van der Waals surface area contributed by atoms with Crippen LogP contribution in [0.25, 0.3) is 11.1 Å². The average Bonchev–Trinajstić information content (AvgIpc) is 3.70. The quantitative estimate of drug-likeness (QED) is 0.298. The summed E-state index contributed by atoms with van der Waals surface area (Å²) < 4.78 is 11.0. The average molecular weight is 653 g/mol. The molecule has 7 rings (SSSR count). The summed E-state index contributed by atoms with van der Waals surface area (Å²) in [5.74, 6) is 0.404. The van der Waals surface area contributed by atoms with Crippen molar-refractivity contribution in [2.24, 2.45) is 12.5 Å². The molecule has 0 fully saturated rings. The van der Waals surface area contributed by atoms with Gasteiger partial charge in [0.1, 0.15) is 23.8 Å². The van der Waals surface area contributed by atoms with Gasteiger partial charge in [0.05, 0.1) is 18.8 Å². The second-order valence-corrected chi connectivity index (χ2v) is 13.7. The highest BCUT2D eigenvalue weighted by atomic mass is 16.5. The van der Waals surface area contributed by atoms with Crippen LogP contribution in [0.15, 0.2) is 41.5 Å². The zero-order valence-electron chi connectivity index (χ0n) is 28.0. The van der Waals surface area contributed by atoms with E-state index in [9.17, 15) is 19.2 Å². The van der Waals surface area contributed by atoms with E-state index in [-0.39, 0.29) is 29.4 Å². The first-order chi connectivity index (χ1) is 22.9. The fourth-order valence-electron chi connectivity index (χ4n) is 7.26. The van der Waals surface area contributed by atoms with Crippen molar-refractivity contribution in [1.29, 1.82) is 0 Å². The number of fused-ring (bicyclic) bond motifs is 4. The van der Waals surface area contributed by atoms with Crippen molar-refractivity contribution in [2.75, 3.05) is 23.3 Å². The summed E-state index contributed by atoms with van der Waals surface area (Å²) in [7, 11) is 1.67. The third-order valence-corrected chi connectivity index (χ3v) is 9.54. The lowest BCUT2D eigenvalue weighted by Crippen LogP contribution is -2.41. The van der Waals surface area contributed by atoms with Crippen molar-refractivity contribution in [3.05, 3.63) is 75.2 Å². The summed E-state index contributed by atoms with van der Waals surface area (Å²) in [4.78, 5) is 59.7. The van der Waals surface area contributed by atoms with Gasteiger partial charge in [0, 0.05) is 75.3 Å². The molecule has 1 N–H and O–H groups in total. The second-order valence-electron chi connectivity index (χ2n) is 13.7. The van der Waals surface area contributed by atoms with Gasteiger partial charge in [0.2, 0.25) is 5.91 Å². The molecule has 4 aromatic rings. The highest BCUT2D eigenvalue weighted by Gasteiger charge is 2.37. The number of aromatic nitrogens is 5. The Kier molecular flexibility index (Phi) is 7.72. The summed E-state index contributed by atoms with van der Waals surface area (Å²) in [6.45, 7) is 10.3. The monoisotopic (exact) mass is 652 g/mol.